The van der Waals surface area contributed by atoms with Crippen LogP contribution in [0, 0.1) is 5.92 Å². The Bertz CT molecular complexity index is 1470. The van der Waals surface area contributed by atoms with E-state index in [0.29, 0.717) is 26.9 Å². The van der Waals surface area contributed by atoms with Crippen LogP contribution < -0.4 is 14.5 Å². The molecule has 8 nitrogen and oxygen atoms in total. The van der Waals surface area contributed by atoms with Crippen LogP contribution in [-0.2, 0) is 25.7 Å². The lowest BCUT2D eigenvalue weighted by molar-refractivity contribution is -0.144. The maximum absolute atomic E-state index is 13.9. The number of hydrogen-bond acceptors (Lipinski definition) is 8. The summed E-state index contributed by atoms with van der Waals surface area (Å²) in [6.45, 7) is 1.54. The Balaban J connectivity index is 1.66. The number of amides is 2. The Morgan fingerprint density at radius 1 is 1.05 bits per heavy atom. The molecule has 1 aromatic heterocycles. The van der Waals surface area contributed by atoms with E-state index >= 15 is 0 Å². The molecule has 2 amide bonds. The van der Waals surface area contributed by atoms with Crippen molar-refractivity contribution < 1.29 is 23.9 Å². The largest absolute Gasteiger partial charge is 0.497 e. The highest BCUT2D eigenvalue weighted by Gasteiger charge is 2.57. The van der Waals surface area contributed by atoms with Crippen LogP contribution in [0.4, 0.5) is 5.69 Å². The van der Waals surface area contributed by atoms with Crippen molar-refractivity contribution in [2.75, 3.05) is 18.6 Å². The lowest BCUT2D eigenvalue weighted by Gasteiger charge is -2.31. The molecule has 2 aliphatic rings. The molecule has 0 aliphatic carbocycles. The number of carbonyl (C=O) groups excluding carboxylic acids is 3. The molecule has 0 saturated carbocycles. The number of methoxy groups -OCH3 is 1. The third-order valence-corrected chi connectivity index (χ3v) is 9.73. The highest BCUT2D eigenvalue weighted by Crippen LogP contribution is 2.55. The van der Waals surface area contributed by atoms with Crippen LogP contribution in [0.3, 0.4) is 0 Å². The minimum Gasteiger partial charge on any atom is -0.497 e. The topological polar surface area (TPSA) is 94.9 Å². The zero-order valence-electron chi connectivity index (χ0n) is 19.6. The van der Waals surface area contributed by atoms with Gasteiger partial charge in [-0.3, -0.25) is 23.7 Å². The van der Waals surface area contributed by atoms with Gasteiger partial charge in [-0.1, -0.05) is 58.4 Å². The molecule has 5 rings (SSSR count). The van der Waals surface area contributed by atoms with Gasteiger partial charge < -0.3 is 9.47 Å². The van der Waals surface area contributed by atoms with E-state index in [9.17, 15) is 19.2 Å². The Morgan fingerprint density at radius 3 is 2.46 bits per heavy atom. The molecule has 3 heterocycles. The van der Waals surface area contributed by atoms with E-state index in [1.807, 2.05) is 0 Å². The quantitative estimate of drug-likeness (QED) is 0.312. The van der Waals surface area contributed by atoms with Crippen molar-refractivity contribution in [3.8, 4) is 5.75 Å². The molecule has 0 spiro atoms. The monoisotopic (exact) mass is 578 g/mol. The highest BCUT2D eigenvalue weighted by atomic mass is 35.5. The number of esters is 1. The maximum Gasteiger partial charge on any atom is 0.326 e. The number of nitrogens with zero attached hydrogens (tertiary/aromatic N) is 2. The minimum absolute atomic E-state index is 0.169. The number of aromatic nitrogens is 1. The van der Waals surface area contributed by atoms with Crippen LogP contribution in [0.1, 0.15) is 23.3 Å². The number of thioether (sulfide) groups is 1. The van der Waals surface area contributed by atoms with Crippen molar-refractivity contribution in [3.63, 3.8) is 0 Å². The van der Waals surface area contributed by atoms with Crippen LogP contribution in [0.25, 0.3) is 0 Å². The molecule has 3 aromatic rings. The number of halogens is 2. The molecule has 3 atom stereocenters. The van der Waals surface area contributed by atoms with Gasteiger partial charge in [-0.15, -0.1) is 0 Å². The van der Waals surface area contributed by atoms with E-state index in [0.717, 1.165) is 28.0 Å². The number of carbonyl (C=O) groups is 3. The molecule has 0 N–H and O–H groups in total. The second-order valence-electron chi connectivity index (χ2n) is 8.32. The van der Waals surface area contributed by atoms with Crippen LogP contribution in [0.15, 0.2) is 52.3 Å². The fraction of sp³-hybridized carbons (Fsp3) is 0.280. The normalized spacial score (nSPS) is 20.5. The van der Waals surface area contributed by atoms with Gasteiger partial charge in [0.1, 0.15) is 17.5 Å². The van der Waals surface area contributed by atoms with Gasteiger partial charge in [-0.2, -0.15) is 0 Å². The Hall–Kier alpha value is -2.79. The summed E-state index contributed by atoms with van der Waals surface area (Å²) in [5.74, 6) is -2.36. The van der Waals surface area contributed by atoms with Crippen LogP contribution in [-0.4, -0.2) is 41.3 Å². The van der Waals surface area contributed by atoms with E-state index in [-0.39, 0.29) is 28.1 Å². The van der Waals surface area contributed by atoms with Crippen molar-refractivity contribution in [2.24, 2.45) is 5.92 Å². The molecule has 1 fully saturated rings. The standard InChI is InChI=1S/C25H20Cl2N2O6S2/c1-3-35-16(30)11-28-24-21(37-25(28)33)17(14-5-4-6-15(26)19(14)27)18-20(36-24)23(32)29(22(18)31)12-7-9-13(34-2)10-8-12/h4-10,17-18,20H,3,11H2,1-2H3/t17-,18-,20+/m0/s1. The number of benzene rings is 2. The van der Waals surface area contributed by atoms with Crippen molar-refractivity contribution >= 4 is 69.8 Å². The molecule has 1 saturated heterocycles. The fourth-order valence-electron chi connectivity index (χ4n) is 4.67. The lowest BCUT2D eigenvalue weighted by atomic mass is 9.83. The molecule has 0 unspecified atom stereocenters. The van der Waals surface area contributed by atoms with E-state index in [2.05, 4.69) is 0 Å². The first-order valence-electron chi connectivity index (χ1n) is 11.3. The summed E-state index contributed by atoms with van der Waals surface area (Å²) in [7, 11) is 1.53. The number of ether oxygens (including phenoxy) is 2. The second kappa shape index (κ2) is 10.2. The highest BCUT2D eigenvalue weighted by molar-refractivity contribution is 8.00. The fourth-order valence-corrected chi connectivity index (χ4v) is 7.86. The van der Waals surface area contributed by atoms with Gasteiger partial charge in [-0.05, 0) is 42.8 Å². The average Bonchev–Trinajstić information content (AvgIpc) is 3.32. The lowest BCUT2D eigenvalue weighted by Crippen LogP contribution is -2.33. The molecule has 192 valence electrons. The van der Waals surface area contributed by atoms with Gasteiger partial charge in [0.2, 0.25) is 11.8 Å². The first-order chi connectivity index (χ1) is 17.8. The van der Waals surface area contributed by atoms with Gasteiger partial charge in [-0.25, -0.2) is 4.90 Å². The third kappa shape index (κ3) is 4.35. The van der Waals surface area contributed by atoms with E-state index < -0.39 is 34.9 Å². The SMILES string of the molecule is CCOC(=O)Cn1c2c(sc1=O)[C@@H](c1cccc(Cl)c1Cl)[C@@H]1C(=O)N(c3ccc(OC)cc3)C(=O)[C@@H]1S2. The van der Waals surface area contributed by atoms with Crippen LogP contribution in [0.5, 0.6) is 5.75 Å². The molecule has 2 aliphatic heterocycles. The van der Waals surface area contributed by atoms with Gasteiger partial charge in [0.25, 0.3) is 0 Å². The van der Waals surface area contributed by atoms with Gasteiger partial charge in [0.15, 0.2) is 0 Å². The number of fused-ring (bicyclic) bond motifs is 2. The molecule has 37 heavy (non-hydrogen) atoms. The molecular formula is C25H20Cl2N2O6S2. The van der Waals surface area contributed by atoms with E-state index in [4.69, 9.17) is 32.7 Å². The van der Waals surface area contributed by atoms with Gasteiger partial charge in [0.05, 0.1) is 40.4 Å². The number of rotatable bonds is 6. The molecule has 12 heteroatoms. The zero-order chi connectivity index (χ0) is 26.4. The summed E-state index contributed by atoms with van der Waals surface area (Å²) in [5.41, 5.74) is 0.946. The third-order valence-electron chi connectivity index (χ3n) is 6.29. The van der Waals surface area contributed by atoms with E-state index in [1.54, 1.807) is 49.4 Å². The van der Waals surface area contributed by atoms with E-state index in [1.165, 1.54) is 11.7 Å². The molecule has 2 aromatic carbocycles. The smallest absolute Gasteiger partial charge is 0.326 e. The summed E-state index contributed by atoms with van der Waals surface area (Å²) in [4.78, 5) is 54.2. The van der Waals surface area contributed by atoms with Crippen molar-refractivity contribution in [1.29, 1.82) is 0 Å². The molecular weight excluding hydrogens is 559 g/mol. The Morgan fingerprint density at radius 2 is 1.78 bits per heavy atom. The maximum atomic E-state index is 13.9. The minimum atomic E-state index is -0.843. The van der Waals surface area contributed by atoms with Crippen LogP contribution in [0.2, 0.25) is 10.0 Å². The summed E-state index contributed by atoms with van der Waals surface area (Å²) < 4.78 is 11.5. The first-order valence-corrected chi connectivity index (χ1v) is 13.7. The number of thiazole rings is 1. The van der Waals surface area contributed by atoms with Crippen molar-refractivity contribution in [2.45, 2.75) is 29.7 Å². The predicted octanol–water partition coefficient (Wildman–Crippen LogP) is 4.58. The number of anilines is 1. The Kier molecular flexibility index (Phi) is 7.10. The van der Waals surface area contributed by atoms with Crippen molar-refractivity contribution in [1.82, 2.24) is 4.57 Å². The summed E-state index contributed by atoms with van der Waals surface area (Å²) in [6, 6.07) is 11.7. The number of hydrogen-bond donors (Lipinski definition) is 0. The average molecular weight is 579 g/mol. The van der Waals surface area contributed by atoms with Crippen molar-refractivity contribution in [3.05, 3.63) is 72.6 Å². The summed E-state index contributed by atoms with van der Waals surface area (Å²) in [6.07, 6.45) is 0. The molecule has 0 bridgehead atoms. The summed E-state index contributed by atoms with van der Waals surface area (Å²) >= 11 is 15.0. The second-order valence-corrected chi connectivity index (χ2v) is 11.2. The summed E-state index contributed by atoms with van der Waals surface area (Å²) in [5, 5.41) is 0.136. The molecule has 0 radical (unpaired) electrons. The first kappa shape index (κ1) is 25.8. The van der Waals surface area contributed by atoms with Gasteiger partial charge in [0, 0.05) is 10.8 Å². The Labute approximate surface area is 230 Å². The van der Waals surface area contributed by atoms with Gasteiger partial charge >= 0.3 is 10.8 Å². The zero-order valence-corrected chi connectivity index (χ0v) is 22.7. The van der Waals surface area contributed by atoms with Crippen LogP contribution >= 0.6 is 46.3 Å². The predicted molar refractivity (Wildman–Crippen MR) is 142 cm³/mol. The number of imide groups is 1.